The molecule has 0 saturated heterocycles. The van der Waals surface area contributed by atoms with Crippen molar-refractivity contribution in [3.63, 3.8) is 0 Å². The second-order valence-corrected chi connectivity index (χ2v) is 12.6. The predicted molar refractivity (Wildman–Crippen MR) is 195 cm³/mol. The number of thiophene rings is 1. The van der Waals surface area contributed by atoms with E-state index in [-0.39, 0.29) is 17.8 Å². The maximum absolute atomic E-state index is 14.3. The lowest BCUT2D eigenvalue weighted by Crippen LogP contribution is -2.21. The van der Waals surface area contributed by atoms with Crippen LogP contribution in [-0.2, 0) is 24.4 Å². The standard InChI is InChI=1S/C40H38N2O6S/c1-5-47-40(44)48-35-26-42(24-30-16-10-12-18-34(30)46-4)39-36(37(35)43)33(38(49-39)28-19-21-31(45-3)22-20-28)25-41(2)23-29-15-9-11-17-32(29)27-13-7-6-8-14-27/h6-22,26H,5,23-25H2,1-4H3. The molecule has 0 radical (unpaired) electrons. The molecule has 2 aromatic heterocycles. The average molecular weight is 675 g/mol. The maximum Gasteiger partial charge on any atom is 0.514 e. The normalized spacial score (nSPS) is 11.1. The molecule has 0 fully saturated rings. The molecular formula is C40H38N2O6S. The van der Waals surface area contributed by atoms with E-state index in [9.17, 15) is 9.59 Å². The topological polar surface area (TPSA) is 79.2 Å². The van der Waals surface area contributed by atoms with Gasteiger partial charge in [-0.25, -0.2) is 4.79 Å². The van der Waals surface area contributed by atoms with Crippen molar-refractivity contribution in [2.75, 3.05) is 27.9 Å². The van der Waals surface area contributed by atoms with Crippen molar-refractivity contribution in [1.82, 2.24) is 9.47 Å². The number of fused-ring (bicyclic) bond motifs is 1. The molecule has 8 nitrogen and oxygen atoms in total. The Morgan fingerprint density at radius 1 is 0.776 bits per heavy atom. The first-order valence-corrected chi connectivity index (χ1v) is 16.8. The molecule has 9 heteroatoms. The minimum absolute atomic E-state index is 0.0988. The summed E-state index contributed by atoms with van der Waals surface area (Å²) in [5.41, 5.74) is 5.80. The molecule has 0 atom stereocenters. The molecule has 0 aliphatic heterocycles. The molecule has 0 bridgehead atoms. The van der Waals surface area contributed by atoms with E-state index >= 15 is 0 Å². The number of hydrogen-bond acceptors (Lipinski definition) is 8. The van der Waals surface area contributed by atoms with E-state index in [0.717, 1.165) is 43.3 Å². The molecule has 0 amide bonds. The first kappa shape index (κ1) is 33.5. The van der Waals surface area contributed by atoms with Gasteiger partial charge in [-0.3, -0.25) is 9.69 Å². The van der Waals surface area contributed by atoms with Crippen LogP contribution in [0.25, 0.3) is 31.8 Å². The second-order valence-electron chi connectivity index (χ2n) is 11.6. The Labute approximate surface area is 289 Å². The fourth-order valence-electron chi connectivity index (χ4n) is 6.02. The highest BCUT2D eigenvalue weighted by Crippen LogP contribution is 2.40. The monoisotopic (exact) mass is 674 g/mol. The molecule has 49 heavy (non-hydrogen) atoms. The van der Waals surface area contributed by atoms with Gasteiger partial charge in [-0.05, 0) is 72.1 Å². The number of para-hydroxylation sites is 1. The van der Waals surface area contributed by atoms with Gasteiger partial charge in [0, 0.05) is 23.5 Å². The van der Waals surface area contributed by atoms with E-state index < -0.39 is 6.16 Å². The van der Waals surface area contributed by atoms with Crippen LogP contribution in [-0.4, -0.2) is 43.5 Å². The van der Waals surface area contributed by atoms with Gasteiger partial charge in [-0.2, -0.15) is 0 Å². The molecule has 0 aliphatic carbocycles. The number of rotatable bonds is 12. The number of pyridine rings is 1. The summed E-state index contributed by atoms with van der Waals surface area (Å²) < 4.78 is 23.7. The Morgan fingerprint density at radius 2 is 1.47 bits per heavy atom. The summed E-state index contributed by atoms with van der Waals surface area (Å²) in [5.74, 6) is 1.35. The molecule has 0 aliphatic rings. The highest BCUT2D eigenvalue weighted by atomic mass is 32.1. The van der Waals surface area contributed by atoms with Crippen molar-refractivity contribution in [3.05, 3.63) is 136 Å². The second kappa shape index (κ2) is 15.2. The summed E-state index contributed by atoms with van der Waals surface area (Å²) in [6.07, 6.45) is 0.663. The van der Waals surface area contributed by atoms with Crippen molar-refractivity contribution < 1.29 is 23.7 Å². The number of carbonyl (C=O) groups is 1. The average Bonchev–Trinajstić information content (AvgIpc) is 3.50. The Kier molecular flexibility index (Phi) is 10.4. The molecule has 0 unspecified atom stereocenters. The third kappa shape index (κ3) is 7.38. The Hall–Kier alpha value is -5.38. The minimum atomic E-state index is -0.926. The first-order valence-electron chi connectivity index (χ1n) is 16.0. The quantitative estimate of drug-likeness (QED) is 0.120. The number of aromatic nitrogens is 1. The van der Waals surface area contributed by atoms with Crippen molar-refractivity contribution in [1.29, 1.82) is 0 Å². The number of methoxy groups -OCH3 is 2. The summed E-state index contributed by atoms with van der Waals surface area (Å²) >= 11 is 1.53. The van der Waals surface area contributed by atoms with Crippen LogP contribution < -0.4 is 19.6 Å². The van der Waals surface area contributed by atoms with E-state index in [4.69, 9.17) is 18.9 Å². The third-order valence-corrected chi connectivity index (χ3v) is 9.60. The predicted octanol–water partition coefficient (Wildman–Crippen LogP) is 8.63. The van der Waals surface area contributed by atoms with E-state index in [0.29, 0.717) is 30.8 Å². The van der Waals surface area contributed by atoms with Crippen LogP contribution in [0.15, 0.2) is 114 Å². The Morgan fingerprint density at radius 3 is 2.18 bits per heavy atom. The summed E-state index contributed by atoms with van der Waals surface area (Å²) in [6.45, 7) is 3.28. The lowest BCUT2D eigenvalue weighted by atomic mass is 9.99. The van der Waals surface area contributed by atoms with Gasteiger partial charge >= 0.3 is 6.16 Å². The van der Waals surface area contributed by atoms with Gasteiger partial charge in [-0.15, -0.1) is 11.3 Å². The minimum Gasteiger partial charge on any atom is -0.497 e. The first-order chi connectivity index (χ1) is 23.9. The van der Waals surface area contributed by atoms with Crippen molar-refractivity contribution in [3.8, 4) is 38.8 Å². The van der Waals surface area contributed by atoms with E-state index in [1.54, 1.807) is 27.3 Å². The Bertz CT molecular complexity index is 2120. The Balaban J connectivity index is 1.51. The van der Waals surface area contributed by atoms with Gasteiger partial charge in [0.05, 0.1) is 39.0 Å². The fourth-order valence-corrected chi connectivity index (χ4v) is 7.30. The van der Waals surface area contributed by atoms with Gasteiger partial charge < -0.3 is 23.5 Å². The number of nitrogens with zero attached hydrogens (tertiary/aromatic N) is 2. The van der Waals surface area contributed by atoms with Crippen molar-refractivity contribution in [2.45, 2.75) is 26.6 Å². The summed E-state index contributed by atoms with van der Waals surface area (Å²) in [5, 5.41) is 0.496. The van der Waals surface area contributed by atoms with Crippen LogP contribution in [0.2, 0.25) is 0 Å². The van der Waals surface area contributed by atoms with Gasteiger partial charge in [-0.1, -0.05) is 72.8 Å². The number of carbonyl (C=O) groups excluding carboxylic acids is 1. The molecule has 0 saturated carbocycles. The lowest BCUT2D eigenvalue weighted by molar-refractivity contribution is 0.104. The summed E-state index contributed by atoms with van der Waals surface area (Å²) in [4.78, 5) is 30.8. The number of hydrogen-bond donors (Lipinski definition) is 0. The lowest BCUT2D eigenvalue weighted by Gasteiger charge is -2.20. The molecular weight excluding hydrogens is 637 g/mol. The smallest absolute Gasteiger partial charge is 0.497 e. The van der Waals surface area contributed by atoms with Crippen molar-refractivity contribution >= 4 is 27.7 Å². The third-order valence-electron chi connectivity index (χ3n) is 8.28. The van der Waals surface area contributed by atoms with Crippen LogP contribution >= 0.6 is 11.3 Å². The van der Waals surface area contributed by atoms with Gasteiger partial charge in [0.2, 0.25) is 5.43 Å². The molecule has 6 aromatic rings. The zero-order chi connectivity index (χ0) is 34.3. The highest BCUT2D eigenvalue weighted by molar-refractivity contribution is 7.22. The molecule has 6 rings (SSSR count). The molecule has 4 aromatic carbocycles. The zero-order valence-electron chi connectivity index (χ0n) is 28.0. The van der Waals surface area contributed by atoms with Crippen LogP contribution in [0.4, 0.5) is 4.79 Å². The van der Waals surface area contributed by atoms with Crippen LogP contribution in [0.3, 0.4) is 0 Å². The largest absolute Gasteiger partial charge is 0.514 e. The molecule has 2 heterocycles. The maximum atomic E-state index is 14.3. The van der Waals surface area contributed by atoms with Crippen LogP contribution in [0, 0.1) is 0 Å². The summed E-state index contributed by atoms with van der Waals surface area (Å²) in [6, 6.07) is 34.3. The molecule has 250 valence electrons. The van der Waals surface area contributed by atoms with Gasteiger partial charge in [0.15, 0.2) is 5.75 Å². The summed E-state index contributed by atoms with van der Waals surface area (Å²) in [7, 11) is 5.32. The SMILES string of the molecule is CCOC(=O)Oc1cn(Cc2ccccc2OC)c2sc(-c3ccc(OC)cc3)c(CN(C)Cc3ccccc3-c3ccccc3)c2c1=O. The number of benzene rings is 4. The number of ether oxygens (including phenoxy) is 4. The van der Waals surface area contributed by atoms with Gasteiger partial charge in [0.25, 0.3) is 0 Å². The zero-order valence-corrected chi connectivity index (χ0v) is 28.8. The van der Waals surface area contributed by atoms with E-state index in [2.05, 4.69) is 42.3 Å². The van der Waals surface area contributed by atoms with Gasteiger partial charge in [0.1, 0.15) is 16.3 Å². The molecule has 0 N–H and O–H groups in total. The highest BCUT2D eigenvalue weighted by Gasteiger charge is 2.24. The fraction of sp³-hybridized carbons (Fsp3) is 0.200. The van der Waals surface area contributed by atoms with Crippen LogP contribution in [0.1, 0.15) is 23.6 Å². The van der Waals surface area contributed by atoms with Crippen molar-refractivity contribution in [2.24, 2.45) is 0 Å². The molecule has 0 spiro atoms. The van der Waals surface area contributed by atoms with E-state index in [1.807, 2.05) is 77.4 Å². The van der Waals surface area contributed by atoms with E-state index in [1.165, 1.54) is 16.9 Å². The van der Waals surface area contributed by atoms with Crippen LogP contribution in [0.5, 0.6) is 17.2 Å².